The van der Waals surface area contributed by atoms with Crippen molar-refractivity contribution in [2.75, 3.05) is 13.2 Å². The molecule has 0 aromatic rings. The van der Waals surface area contributed by atoms with E-state index in [1.165, 1.54) is 0 Å². The molecule has 0 saturated heterocycles. The minimum absolute atomic E-state index is 0.0612. The molecule has 0 aliphatic carbocycles. The maximum atomic E-state index is 5.72. The molecule has 0 aromatic heterocycles. The summed E-state index contributed by atoms with van der Waals surface area (Å²) >= 11 is 0. The molecule has 84 valence electrons. The summed E-state index contributed by atoms with van der Waals surface area (Å²) in [5.41, 5.74) is 0. The molecule has 0 fully saturated rings. The lowest BCUT2D eigenvalue weighted by Gasteiger charge is -2.26. The van der Waals surface area contributed by atoms with E-state index in [1.54, 1.807) is 0 Å². The Morgan fingerprint density at radius 2 is 2.33 bits per heavy atom. The summed E-state index contributed by atoms with van der Waals surface area (Å²) in [7, 11) is 0. The molecule has 0 N–H and O–H groups in total. The predicted octanol–water partition coefficient (Wildman–Crippen LogP) is 2.75. The maximum absolute atomic E-state index is 5.72. The van der Waals surface area contributed by atoms with E-state index in [4.69, 9.17) is 9.47 Å². The molecular formula is C13H20O2. The van der Waals surface area contributed by atoms with Crippen LogP contribution in [0, 0.1) is 17.8 Å². The highest BCUT2D eigenvalue weighted by atomic mass is 16.5. The fraction of sp³-hybridized carbons (Fsp3) is 0.692. The summed E-state index contributed by atoms with van der Waals surface area (Å²) in [6.07, 6.45) is 4.42. The molecular weight excluding hydrogens is 188 g/mol. The van der Waals surface area contributed by atoms with Crippen LogP contribution in [0.25, 0.3) is 0 Å². The van der Waals surface area contributed by atoms with E-state index in [-0.39, 0.29) is 6.10 Å². The van der Waals surface area contributed by atoms with Gasteiger partial charge in [-0.1, -0.05) is 19.8 Å². The van der Waals surface area contributed by atoms with E-state index in [9.17, 15) is 0 Å². The van der Waals surface area contributed by atoms with Crippen LogP contribution in [0.3, 0.4) is 0 Å². The lowest BCUT2D eigenvalue weighted by atomic mass is 10.0. The van der Waals surface area contributed by atoms with Gasteiger partial charge in [-0.05, 0) is 31.8 Å². The summed E-state index contributed by atoms with van der Waals surface area (Å²) in [6.45, 7) is 7.41. The fourth-order valence-electron chi connectivity index (χ4n) is 1.58. The van der Waals surface area contributed by atoms with E-state index in [1.807, 2.05) is 6.92 Å². The van der Waals surface area contributed by atoms with Crippen molar-refractivity contribution in [3.8, 4) is 11.8 Å². The minimum atomic E-state index is 0.0612. The van der Waals surface area contributed by atoms with Crippen molar-refractivity contribution < 1.29 is 9.47 Å². The topological polar surface area (TPSA) is 18.5 Å². The number of ether oxygens (including phenoxy) is 2. The van der Waals surface area contributed by atoms with Gasteiger partial charge in [0.1, 0.15) is 18.5 Å². The highest BCUT2D eigenvalue weighted by molar-refractivity contribution is 5.05. The third-order valence-corrected chi connectivity index (χ3v) is 2.36. The monoisotopic (exact) mass is 208 g/mol. The second-order valence-corrected chi connectivity index (χ2v) is 4.00. The Bertz CT molecular complexity index is 268. The molecule has 1 heterocycles. The quantitative estimate of drug-likeness (QED) is 0.661. The SMILES string of the molecule is CC#CCOC(C1=CCCCO1)C(C)C. The lowest BCUT2D eigenvalue weighted by Crippen LogP contribution is -2.25. The summed E-state index contributed by atoms with van der Waals surface area (Å²) in [4.78, 5) is 0. The average molecular weight is 208 g/mol. The zero-order valence-electron chi connectivity index (χ0n) is 9.88. The van der Waals surface area contributed by atoms with Crippen LogP contribution in [0.15, 0.2) is 11.8 Å². The molecule has 1 unspecified atom stereocenters. The van der Waals surface area contributed by atoms with E-state index in [0.717, 1.165) is 25.2 Å². The normalized spacial score (nSPS) is 17.5. The van der Waals surface area contributed by atoms with Crippen molar-refractivity contribution in [2.24, 2.45) is 5.92 Å². The third-order valence-electron chi connectivity index (χ3n) is 2.36. The lowest BCUT2D eigenvalue weighted by molar-refractivity contribution is 0.0148. The van der Waals surface area contributed by atoms with Crippen LogP contribution >= 0.6 is 0 Å². The van der Waals surface area contributed by atoms with Gasteiger partial charge in [0, 0.05) is 0 Å². The summed E-state index contributed by atoms with van der Waals surface area (Å²) < 4.78 is 11.3. The zero-order chi connectivity index (χ0) is 11.1. The average Bonchev–Trinajstić information content (AvgIpc) is 2.25. The van der Waals surface area contributed by atoms with Gasteiger partial charge in [0.15, 0.2) is 0 Å². The molecule has 2 nitrogen and oxygen atoms in total. The fourth-order valence-corrected chi connectivity index (χ4v) is 1.58. The maximum Gasteiger partial charge on any atom is 0.121 e. The predicted molar refractivity (Wildman–Crippen MR) is 61.3 cm³/mol. The molecule has 0 saturated carbocycles. The Morgan fingerprint density at radius 3 is 2.87 bits per heavy atom. The summed E-state index contributed by atoms with van der Waals surface area (Å²) in [5, 5.41) is 0. The Hall–Kier alpha value is -0.940. The van der Waals surface area contributed by atoms with Crippen LogP contribution in [-0.2, 0) is 9.47 Å². The molecule has 0 amide bonds. The first kappa shape index (κ1) is 12.1. The van der Waals surface area contributed by atoms with Gasteiger partial charge in [0.2, 0.25) is 0 Å². The molecule has 0 aromatic carbocycles. The molecule has 0 radical (unpaired) electrons. The Kier molecular flexibility index (Phi) is 5.28. The second kappa shape index (κ2) is 6.53. The van der Waals surface area contributed by atoms with Gasteiger partial charge in [0.25, 0.3) is 0 Å². The van der Waals surface area contributed by atoms with Gasteiger partial charge in [-0.25, -0.2) is 0 Å². The molecule has 1 aliphatic rings. The highest BCUT2D eigenvalue weighted by Gasteiger charge is 2.21. The van der Waals surface area contributed by atoms with Gasteiger partial charge < -0.3 is 9.47 Å². The van der Waals surface area contributed by atoms with Gasteiger partial charge in [-0.3, -0.25) is 0 Å². The van der Waals surface area contributed by atoms with Crippen molar-refractivity contribution in [2.45, 2.75) is 39.7 Å². The highest BCUT2D eigenvalue weighted by Crippen LogP contribution is 2.21. The molecule has 0 spiro atoms. The molecule has 15 heavy (non-hydrogen) atoms. The van der Waals surface area contributed by atoms with Crippen LogP contribution in [0.1, 0.15) is 33.6 Å². The van der Waals surface area contributed by atoms with Crippen molar-refractivity contribution in [3.63, 3.8) is 0 Å². The Balaban J connectivity index is 2.54. The van der Waals surface area contributed by atoms with Gasteiger partial charge in [-0.15, -0.1) is 5.92 Å². The molecule has 1 atom stereocenters. The van der Waals surface area contributed by atoms with E-state index >= 15 is 0 Å². The van der Waals surface area contributed by atoms with Crippen LogP contribution in [0.5, 0.6) is 0 Å². The largest absolute Gasteiger partial charge is 0.495 e. The van der Waals surface area contributed by atoms with Crippen molar-refractivity contribution >= 4 is 0 Å². The molecule has 1 rings (SSSR count). The molecule has 2 heteroatoms. The number of rotatable bonds is 4. The van der Waals surface area contributed by atoms with Gasteiger partial charge >= 0.3 is 0 Å². The van der Waals surface area contributed by atoms with Crippen LogP contribution in [-0.4, -0.2) is 19.3 Å². The smallest absolute Gasteiger partial charge is 0.121 e. The number of allylic oxidation sites excluding steroid dienone is 1. The molecule has 0 bridgehead atoms. The summed E-state index contributed by atoms with van der Waals surface area (Å²) in [6, 6.07) is 0. The first-order valence-electron chi connectivity index (χ1n) is 5.59. The first-order valence-corrected chi connectivity index (χ1v) is 5.59. The summed E-state index contributed by atoms with van der Waals surface area (Å²) in [5.74, 6) is 7.17. The van der Waals surface area contributed by atoms with Crippen LogP contribution < -0.4 is 0 Å². The number of hydrogen-bond acceptors (Lipinski definition) is 2. The van der Waals surface area contributed by atoms with E-state index in [2.05, 4.69) is 31.8 Å². The van der Waals surface area contributed by atoms with E-state index < -0.39 is 0 Å². The van der Waals surface area contributed by atoms with E-state index in [0.29, 0.717) is 12.5 Å². The third kappa shape index (κ3) is 3.97. The standard InChI is InChI=1S/C13H20O2/c1-4-5-9-15-13(11(2)3)12-8-6-7-10-14-12/h8,11,13H,6-7,9-10H2,1-3H3. The van der Waals surface area contributed by atoms with Gasteiger partial charge in [0.05, 0.1) is 6.61 Å². The molecule has 1 aliphatic heterocycles. The van der Waals surface area contributed by atoms with Crippen LogP contribution in [0.2, 0.25) is 0 Å². The van der Waals surface area contributed by atoms with Crippen molar-refractivity contribution in [3.05, 3.63) is 11.8 Å². The van der Waals surface area contributed by atoms with Crippen LogP contribution in [0.4, 0.5) is 0 Å². The first-order chi connectivity index (χ1) is 7.25. The Labute approximate surface area is 92.6 Å². The number of hydrogen-bond donors (Lipinski definition) is 0. The van der Waals surface area contributed by atoms with Gasteiger partial charge in [-0.2, -0.15) is 0 Å². The minimum Gasteiger partial charge on any atom is -0.495 e. The van der Waals surface area contributed by atoms with Crippen molar-refractivity contribution in [1.29, 1.82) is 0 Å². The zero-order valence-corrected chi connectivity index (χ0v) is 9.88. The Morgan fingerprint density at radius 1 is 1.53 bits per heavy atom. The second-order valence-electron chi connectivity index (χ2n) is 4.00. The van der Waals surface area contributed by atoms with Crippen molar-refractivity contribution in [1.82, 2.24) is 0 Å².